The van der Waals surface area contributed by atoms with Gasteiger partial charge in [0.15, 0.2) is 0 Å². The van der Waals surface area contributed by atoms with E-state index in [1.165, 1.54) is 0 Å². The lowest BCUT2D eigenvalue weighted by Crippen LogP contribution is -2.27. The second-order valence-corrected chi connectivity index (χ2v) is 3.71. The Balaban J connectivity index is 2.56. The third-order valence-corrected chi connectivity index (χ3v) is 2.56. The molecule has 0 spiro atoms. The Morgan fingerprint density at radius 3 is 1.87 bits per heavy atom. The van der Waals surface area contributed by atoms with Crippen molar-refractivity contribution in [3.63, 3.8) is 0 Å². The average molecular weight is 217 g/mol. The SMILES string of the molecule is NC1(c2c(O)cc(O)cc2O)CC1(F)F. The fraction of sp³-hybridized carbons (Fsp3) is 0.333. The van der Waals surface area contributed by atoms with E-state index in [0.29, 0.717) is 0 Å². The minimum absolute atomic E-state index is 0.415. The molecule has 1 unspecified atom stereocenters. The molecule has 0 aromatic heterocycles. The molecule has 1 fully saturated rings. The molecule has 0 radical (unpaired) electrons. The summed E-state index contributed by atoms with van der Waals surface area (Å²) in [4.78, 5) is 0. The van der Waals surface area contributed by atoms with Crippen molar-refractivity contribution < 1.29 is 24.1 Å². The first-order valence-corrected chi connectivity index (χ1v) is 4.20. The first-order chi connectivity index (χ1) is 6.78. The van der Waals surface area contributed by atoms with Crippen molar-refractivity contribution >= 4 is 0 Å². The highest BCUT2D eigenvalue weighted by molar-refractivity contribution is 5.56. The quantitative estimate of drug-likeness (QED) is 0.565. The number of hydrogen-bond donors (Lipinski definition) is 4. The number of aromatic hydroxyl groups is 3. The molecule has 5 N–H and O–H groups in total. The molecule has 15 heavy (non-hydrogen) atoms. The zero-order valence-electron chi connectivity index (χ0n) is 7.54. The van der Waals surface area contributed by atoms with Crippen molar-refractivity contribution in [1.29, 1.82) is 0 Å². The van der Waals surface area contributed by atoms with Crippen molar-refractivity contribution in [3.05, 3.63) is 17.7 Å². The topological polar surface area (TPSA) is 86.7 Å². The maximum Gasteiger partial charge on any atom is 0.272 e. The summed E-state index contributed by atoms with van der Waals surface area (Å²) in [6.07, 6.45) is -0.633. The van der Waals surface area contributed by atoms with E-state index in [1.807, 2.05) is 0 Å². The van der Waals surface area contributed by atoms with Crippen LogP contribution in [0.2, 0.25) is 0 Å². The monoisotopic (exact) mass is 217 g/mol. The average Bonchev–Trinajstić information content (AvgIpc) is 2.47. The Bertz CT molecular complexity index is 412. The van der Waals surface area contributed by atoms with Gasteiger partial charge in [0.05, 0.1) is 5.56 Å². The first kappa shape index (κ1) is 9.97. The zero-order valence-corrected chi connectivity index (χ0v) is 7.54. The Morgan fingerprint density at radius 1 is 1.13 bits per heavy atom. The third kappa shape index (κ3) is 1.21. The molecule has 1 aliphatic rings. The number of rotatable bonds is 1. The smallest absolute Gasteiger partial charge is 0.272 e. The van der Waals surface area contributed by atoms with Gasteiger partial charge in [-0.15, -0.1) is 0 Å². The summed E-state index contributed by atoms with van der Waals surface area (Å²) in [5.74, 6) is -4.82. The molecule has 1 aromatic carbocycles. The van der Waals surface area contributed by atoms with Gasteiger partial charge in [0, 0.05) is 18.6 Å². The van der Waals surface area contributed by atoms with Gasteiger partial charge in [0.2, 0.25) is 0 Å². The van der Waals surface area contributed by atoms with Crippen LogP contribution in [0.1, 0.15) is 12.0 Å². The molecule has 1 aromatic rings. The van der Waals surface area contributed by atoms with Crippen LogP contribution in [-0.2, 0) is 5.54 Å². The fourth-order valence-electron chi connectivity index (χ4n) is 1.63. The van der Waals surface area contributed by atoms with Gasteiger partial charge in [-0.25, -0.2) is 8.78 Å². The molecule has 1 saturated carbocycles. The summed E-state index contributed by atoms with van der Waals surface area (Å²) in [6.45, 7) is 0. The van der Waals surface area contributed by atoms with Gasteiger partial charge in [-0.05, 0) is 0 Å². The molecule has 6 heteroatoms. The molecular weight excluding hydrogens is 208 g/mol. The van der Waals surface area contributed by atoms with E-state index in [4.69, 9.17) is 10.8 Å². The van der Waals surface area contributed by atoms with Crippen LogP contribution >= 0.6 is 0 Å². The summed E-state index contributed by atoms with van der Waals surface area (Å²) in [7, 11) is 0. The second kappa shape index (κ2) is 2.52. The second-order valence-electron chi connectivity index (χ2n) is 3.71. The van der Waals surface area contributed by atoms with Crippen LogP contribution < -0.4 is 5.73 Å². The summed E-state index contributed by atoms with van der Waals surface area (Å²) in [5.41, 5.74) is 2.89. The first-order valence-electron chi connectivity index (χ1n) is 4.20. The number of alkyl halides is 2. The minimum atomic E-state index is -3.14. The Kier molecular flexibility index (Phi) is 1.67. The summed E-state index contributed by atoms with van der Waals surface area (Å²) in [6, 6.07) is 1.72. The maximum atomic E-state index is 12.9. The van der Waals surface area contributed by atoms with Crippen LogP contribution in [0.15, 0.2) is 12.1 Å². The van der Waals surface area contributed by atoms with E-state index in [1.54, 1.807) is 0 Å². The Hall–Kier alpha value is -1.56. The van der Waals surface area contributed by atoms with Gasteiger partial charge < -0.3 is 21.1 Å². The van der Waals surface area contributed by atoms with Crippen LogP contribution in [0.3, 0.4) is 0 Å². The van der Waals surface area contributed by atoms with E-state index in [-0.39, 0.29) is 0 Å². The van der Waals surface area contributed by atoms with Crippen LogP contribution in [0.25, 0.3) is 0 Å². The van der Waals surface area contributed by atoms with E-state index in [9.17, 15) is 19.0 Å². The highest BCUT2D eigenvalue weighted by Gasteiger charge is 2.71. The predicted molar refractivity (Wildman–Crippen MR) is 46.9 cm³/mol. The number of phenolic OH excluding ortho intramolecular Hbond substituents is 3. The number of hydrogen-bond acceptors (Lipinski definition) is 4. The molecule has 0 saturated heterocycles. The third-order valence-electron chi connectivity index (χ3n) is 2.56. The van der Waals surface area contributed by atoms with Crippen molar-refractivity contribution in [2.45, 2.75) is 17.9 Å². The minimum Gasteiger partial charge on any atom is -0.508 e. The number of benzene rings is 1. The molecule has 0 amide bonds. The summed E-state index contributed by atoms with van der Waals surface area (Å²) < 4.78 is 25.8. The molecule has 0 aliphatic heterocycles. The lowest BCUT2D eigenvalue weighted by molar-refractivity contribution is 0.0876. The molecule has 0 bridgehead atoms. The van der Waals surface area contributed by atoms with Crippen LogP contribution in [0.4, 0.5) is 8.78 Å². The van der Waals surface area contributed by atoms with E-state index in [2.05, 4.69) is 0 Å². The highest BCUT2D eigenvalue weighted by Crippen LogP contribution is 2.61. The van der Waals surface area contributed by atoms with Gasteiger partial charge >= 0.3 is 0 Å². The fourth-order valence-corrected chi connectivity index (χ4v) is 1.63. The van der Waals surface area contributed by atoms with E-state index in [0.717, 1.165) is 12.1 Å². The highest BCUT2D eigenvalue weighted by atomic mass is 19.3. The Morgan fingerprint density at radius 2 is 1.53 bits per heavy atom. The molecule has 0 heterocycles. The van der Waals surface area contributed by atoms with Gasteiger partial charge in [-0.2, -0.15) is 0 Å². The molecular formula is C9H9F2NO3. The van der Waals surface area contributed by atoms with Crippen LogP contribution in [0.5, 0.6) is 17.2 Å². The largest absolute Gasteiger partial charge is 0.508 e. The Labute approximate surface area is 83.6 Å². The van der Waals surface area contributed by atoms with Crippen molar-refractivity contribution in [2.75, 3.05) is 0 Å². The van der Waals surface area contributed by atoms with Crippen molar-refractivity contribution in [1.82, 2.24) is 0 Å². The van der Waals surface area contributed by atoms with Gasteiger partial charge in [0.1, 0.15) is 22.8 Å². The zero-order chi connectivity index (χ0) is 11.4. The van der Waals surface area contributed by atoms with Gasteiger partial charge in [0.25, 0.3) is 5.92 Å². The van der Waals surface area contributed by atoms with E-state index >= 15 is 0 Å². The van der Waals surface area contributed by atoms with Crippen LogP contribution in [0, 0.1) is 0 Å². The predicted octanol–water partition coefficient (Wildman–Crippen LogP) is 0.996. The van der Waals surface area contributed by atoms with E-state index < -0.39 is 40.7 Å². The maximum absolute atomic E-state index is 12.9. The van der Waals surface area contributed by atoms with Crippen LogP contribution in [-0.4, -0.2) is 21.2 Å². The van der Waals surface area contributed by atoms with Gasteiger partial charge in [-0.3, -0.25) is 0 Å². The van der Waals surface area contributed by atoms with Crippen molar-refractivity contribution in [3.8, 4) is 17.2 Å². The summed E-state index contributed by atoms with van der Waals surface area (Å²) in [5, 5.41) is 27.7. The molecule has 2 rings (SSSR count). The standard InChI is InChI=1S/C9H9F2NO3/c10-9(11)3-8(9,12)7-5(14)1-4(13)2-6(7)15/h1-2,13-15H,3,12H2. The number of halogens is 2. The van der Waals surface area contributed by atoms with Gasteiger partial charge in [-0.1, -0.05) is 0 Å². The lowest BCUT2D eigenvalue weighted by atomic mass is 10.0. The normalized spacial score (nSPS) is 27.7. The molecule has 82 valence electrons. The molecule has 1 atom stereocenters. The molecule has 1 aliphatic carbocycles. The van der Waals surface area contributed by atoms with Crippen molar-refractivity contribution in [2.24, 2.45) is 5.73 Å². The lowest BCUT2D eigenvalue weighted by Gasteiger charge is -2.14. The number of phenols is 3. The molecule has 4 nitrogen and oxygen atoms in total. The number of nitrogens with two attached hydrogens (primary N) is 1. The summed E-state index contributed by atoms with van der Waals surface area (Å²) >= 11 is 0.